The van der Waals surface area contributed by atoms with Crippen molar-refractivity contribution in [3.05, 3.63) is 106 Å². The van der Waals surface area contributed by atoms with Crippen LogP contribution in [0.25, 0.3) is 11.4 Å². The fourth-order valence-electron chi connectivity index (χ4n) is 5.40. The van der Waals surface area contributed by atoms with Crippen LogP contribution in [0.2, 0.25) is 0 Å². The average Bonchev–Trinajstić information content (AvgIpc) is 3.32. The molecule has 5 rings (SSSR count). The van der Waals surface area contributed by atoms with Gasteiger partial charge in [-0.3, -0.25) is 9.59 Å². The van der Waals surface area contributed by atoms with Crippen LogP contribution < -0.4 is 17.2 Å². The van der Waals surface area contributed by atoms with Crippen LogP contribution in [0.4, 0.5) is 4.39 Å². The van der Waals surface area contributed by atoms with Crippen LogP contribution in [-0.2, 0) is 18.3 Å². The van der Waals surface area contributed by atoms with Crippen LogP contribution in [0.15, 0.2) is 60.7 Å². The van der Waals surface area contributed by atoms with Gasteiger partial charge in [0.05, 0.1) is 5.41 Å². The molecular weight excluding hydrogens is 471 g/mol. The van der Waals surface area contributed by atoms with Crippen molar-refractivity contribution in [2.75, 3.05) is 0 Å². The maximum atomic E-state index is 13.5. The lowest BCUT2D eigenvalue weighted by atomic mass is 9.68. The number of carbonyl (C=O) groups excluding carboxylic acids is 2. The van der Waals surface area contributed by atoms with Crippen molar-refractivity contribution in [3.63, 3.8) is 0 Å². The zero-order valence-electron chi connectivity index (χ0n) is 20.3. The summed E-state index contributed by atoms with van der Waals surface area (Å²) in [7, 11) is 0. The van der Waals surface area contributed by atoms with Crippen molar-refractivity contribution in [1.29, 1.82) is 0 Å². The van der Waals surface area contributed by atoms with E-state index >= 15 is 0 Å². The number of hydrogen-bond donors (Lipinski definition) is 4. The van der Waals surface area contributed by atoms with Crippen molar-refractivity contribution in [2.24, 2.45) is 17.2 Å². The number of carbonyl (C=O) groups is 2. The number of fused-ring (bicyclic) bond motifs is 2. The Bertz CT molecular complexity index is 1440. The van der Waals surface area contributed by atoms with Gasteiger partial charge in [-0.15, -0.1) is 10.2 Å². The summed E-state index contributed by atoms with van der Waals surface area (Å²) in [6.45, 7) is 1.92. The van der Waals surface area contributed by atoms with E-state index in [1.807, 2.05) is 31.2 Å². The highest BCUT2D eigenvalue weighted by atomic mass is 19.1. The molecule has 1 aliphatic carbocycles. The highest BCUT2D eigenvalue weighted by Gasteiger charge is 2.44. The normalized spacial score (nSPS) is 14.8. The molecule has 3 aromatic carbocycles. The molecule has 9 heteroatoms. The van der Waals surface area contributed by atoms with Gasteiger partial charge in [0.1, 0.15) is 11.6 Å². The number of benzene rings is 3. The number of nitrogens with zero attached hydrogens (tertiary/aromatic N) is 2. The molecular formula is C28H27FN6O2. The van der Waals surface area contributed by atoms with Gasteiger partial charge in [-0.2, -0.15) is 0 Å². The molecule has 188 valence electrons. The fraction of sp³-hybridized carbons (Fsp3) is 0.214. The summed E-state index contributed by atoms with van der Waals surface area (Å²) in [6.07, 6.45) is 1.66. The van der Waals surface area contributed by atoms with E-state index < -0.39 is 17.2 Å². The van der Waals surface area contributed by atoms with Gasteiger partial charge >= 0.3 is 0 Å². The molecule has 1 aliphatic rings. The van der Waals surface area contributed by atoms with E-state index in [0.717, 1.165) is 22.3 Å². The van der Waals surface area contributed by atoms with Crippen molar-refractivity contribution < 1.29 is 14.0 Å². The highest BCUT2D eigenvalue weighted by molar-refractivity contribution is 5.94. The lowest BCUT2D eigenvalue weighted by molar-refractivity contribution is 0.0991. The van der Waals surface area contributed by atoms with Crippen LogP contribution in [0, 0.1) is 5.82 Å². The van der Waals surface area contributed by atoms with Crippen molar-refractivity contribution in [2.45, 2.75) is 37.6 Å². The number of halogens is 1. The summed E-state index contributed by atoms with van der Waals surface area (Å²) in [5.41, 5.74) is 21.9. The molecule has 4 aromatic rings. The first-order chi connectivity index (χ1) is 17.7. The third-order valence-corrected chi connectivity index (χ3v) is 7.00. The first-order valence-electron chi connectivity index (χ1n) is 12.0. The largest absolute Gasteiger partial charge is 0.366 e. The number of nitrogens with one attached hydrogen (secondary N) is 1. The molecule has 8 nitrogen and oxygen atoms in total. The number of aryl methyl sites for hydroxylation is 2. The molecule has 0 saturated carbocycles. The molecule has 37 heavy (non-hydrogen) atoms. The number of H-pyrrole nitrogens is 1. The number of rotatable bonds is 6. The molecule has 1 heterocycles. The minimum atomic E-state index is -0.882. The van der Waals surface area contributed by atoms with Crippen molar-refractivity contribution in [3.8, 4) is 11.4 Å². The van der Waals surface area contributed by atoms with E-state index in [-0.39, 0.29) is 11.9 Å². The molecule has 0 bridgehead atoms. The predicted octanol–water partition coefficient (Wildman–Crippen LogP) is 2.98. The van der Waals surface area contributed by atoms with E-state index in [1.165, 1.54) is 12.1 Å². The van der Waals surface area contributed by atoms with E-state index in [2.05, 4.69) is 15.2 Å². The van der Waals surface area contributed by atoms with Crippen molar-refractivity contribution in [1.82, 2.24) is 15.2 Å². The summed E-state index contributed by atoms with van der Waals surface area (Å²) in [4.78, 5) is 27.4. The molecule has 0 radical (unpaired) electrons. The van der Waals surface area contributed by atoms with Crippen LogP contribution in [0.5, 0.6) is 0 Å². The summed E-state index contributed by atoms with van der Waals surface area (Å²) >= 11 is 0. The minimum absolute atomic E-state index is 0.259. The first-order valence-corrected chi connectivity index (χ1v) is 12.0. The Balaban J connectivity index is 1.81. The monoisotopic (exact) mass is 498 g/mol. The quantitative estimate of drug-likeness (QED) is 0.322. The van der Waals surface area contributed by atoms with Gasteiger partial charge in [-0.05, 0) is 97.0 Å². The molecule has 2 amide bonds. The standard InChI is InChI=1S/C28H27FN6O2/c1-15(30)14-28(27-33-26(34-35-27)16-4-8-21(29)9-5-16)22-10-6-19(24(31)36)12-17(22)2-3-18-13-20(25(32)37)7-11-23(18)28/h4-13,15H,2-3,14,30H2,1H3,(H2,31,36)(H2,32,37)(H,33,34,35)/t15-/m0/s1. The second-order valence-electron chi connectivity index (χ2n) is 9.59. The van der Waals surface area contributed by atoms with Crippen LogP contribution in [-0.4, -0.2) is 33.0 Å². The molecule has 1 atom stereocenters. The number of aromatic nitrogens is 3. The zero-order valence-corrected chi connectivity index (χ0v) is 20.3. The Morgan fingerprint density at radius 3 is 1.95 bits per heavy atom. The molecule has 7 N–H and O–H groups in total. The third-order valence-electron chi connectivity index (χ3n) is 7.00. The van der Waals surface area contributed by atoms with E-state index in [9.17, 15) is 14.0 Å². The maximum Gasteiger partial charge on any atom is 0.248 e. The number of hydrogen-bond acceptors (Lipinski definition) is 5. The van der Waals surface area contributed by atoms with E-state index in [1.54, 1.807) is 24.3 Å². The summed E-state index contributed by atoms with van der Waals surface area (Å²) in [6, 6.07) is 16.6. The van der Waals surface area contributed by atoms with Crippen LogP contribution >= 0.6 is 0 Å². The second kappa shape index (κ2) is 9.25. The first kappa shape index (κ1) is 24.3. The highest BCUT2D eigenvalue weighted by Crippen LogP contribution is 2.47. The van der Waals surface area contributed by atoms with Gasteiger partial charge < -0.3 is 22.2 Å². The Hall–Kier alpha value is -4.37. The Labute approximate surface area is 213 Å². The van der Waals surface area contributed by atoms with Gasteiger partial charge in [0.2, 0.25) is 11.8 Å². The fourth-order valence-corrected chi connectivity index (χ4v) is 5.40. The smallest absolute Gasteiger partial charge is 0.248 e. The number of amides is 2. The molecule has 1 aromatic heterocycles. The minimum Gasteiger partial charge on any atom is -0.366 e. The topological polar surface area (TPSA) is 154 Å². The number of aromatic amines is 1. The van der Waals surface area contributed by atoms with Gasteiger partial charge in [-0.1, -0.05) is 12.1 Å². The predicted molar refractivity (Wildman–Crippen MR) is 137 cm³/mol. The molecule has 0 saturated heterocycles. The maximum absolute atomic E-state index is 13.5. The lowest BCUT2D eigenvalue weighted by Gasteiger charge is -2.36. The second-order valence-corrected chi connectivity index (χ2v) is 9.59. The third kappa shape index (κ3) is 4.27. The summed E-state index contributed by atoms with van der Waals surface area (Å²) in [5.74, 6) is -0.353. The van der Waals surface area contributed by atoms with Gasteiger partial charge in [-0.25, -0.2) is 4.39 Å². The SMILES string of the molecule is C[C@H](N)CC1(c2nnc(-c3ccc(F)cc3)[nH]2)c2ccc(C(N)=O)cc2CCc2cc(C(N)=O)ccc21. The van der Waals surface area contributed by atoms with Gasteiger partial charge in [0.15, 0.2) is 5.82 Å². The Kier molecular flexibility index (Phi) is 6.08. The van der Waals surface area contributed by atoms with Crippen LogP contribution in [0.3, 0.4) is 0 Å². The zero-order chi connectivity index (χ0) is 26.3. The summed E-state index contributed by atoms with van der Waals surface area (Å²) in [5, 5.41) is 8.97. The lowest BCUT2D eigenvalue weighted by Crippen LogP contribution is -2.38. The molecule has 0 fully saturated rings. The molecule has 0 unspecified atom stereocenters. The van der Waals surface area contributed by atoms with E-state index in [4.69, 9.17) is 17.2 Å². The number of nitrogens with two attached hydrogens (primary N) is 3. The van der Waals surface area contributed by atoms with E-state index in [0.29, 0.717) is 47.6 Å². The van der Waals surface area contributed by atoms with Crippen molar-refractivity contribution >= 4 is 11.8 Å². The van der Waals surface area contributed by atoms with Gasteiger partial charge in [0, 0.05) is 22.7 Å². The average molecular weight is 499 g/mol. The Morgan fingerprint density at radius 1 is 0.919 bits per heavy atom. The summed E-state index contributed by atoms with van der Waals surface area (Å²) < 4.78 is 13.5. The Morgan fingerprint density at radius 2 is 1.46 bits per heavy atom. The molecule has 0 spiro atoms. The molecule has 0 aliphatic heterocycles. The van der Waals surface area contributed by atoms with Gasteiger partial charge in [0.25, 0.3) is 0 Å². The van der Waals surface area contributed by atoms with Crippen LogP contribution in [0.1, 0.15) is 62.1 Å². The number of primary amides is 2.